The molecule has 18 nitrogen and oxygen atoms in total. The van der Waals surface area contributed by atoms with E-state index in [-0.39, 0.29) is 0 Å². The summed E-state index contributed by atoms with van der Waals surface area (Å²) >= 11 is 0. The number of carbonyl (C=O) groups is 3. The SMILES string of the molecule is CC(=O)NC1C(OC2C(O)C(C)OC(OC3C(O)C(CO)OC(O)C3NC(C)=O)C2NC(C)=O)OC(CO)C(O)C1O. The second-order valence-electron chi connectivity index (χ2n) is 10.5. The Morgan fingerprint density at radius 3 is 1.60 bits per heavy atom. The molecule has 3 aliphatic heterocycles. The van der Waals surface area contributed by atoms with Crippen LogP contribution in [0.5, 0.6) is 0 Å². The lowest BCUT2D eigenvalue weighted by Crippen LogP contribution is -2.71. The van der Waals surface area contributed by atoms with Gasteiger partial charge in [-0.3, -0.25) is 14.4 Å². The van der Waals surface area contributed by atoms with Gasteiger partial charge in [-0.25, -0.2) is 0 Å². The topological polar surface area (TPSA) is 275 Å². The molecule has 10 N–H and O–H groups in total. The molecule has 0 aromatic heterocycles. The summed E-state index contributed by atoms with van der Waals surface area (Å²) in [6, 6.07) is -4.13. The molecule has 3 heterocycles. The van der Waals surface area contributed by atoms with Crippen LogP contribution in [0.25, 0.3) is 0 Å². The van der Waals surface area contributed by atoms with Crippen LogP contribution in [0, 0.1) is 0 Å². The van der Waals surface area contributed by atoms with E-state index in [1.54, 1.807) is 0 Å². The molecule has 3 fully saturated rings. The summed E-state index contributed by atoms with van der Waals surface area (Å²) < 4.78 is 28.6. The molecule has 0 saturated carbocycles. The first-order valence-electron chi connectivity index (χ1n) is 13.4. The van der Waals surface area contributed by atoms with Crippen LogP contribution in [0.4, 0.5) is 0 Å². The van der Waals surface area contributed by atoms with Gasteiger partial charge in [0.05, 0.1) is 19.3 Å². The van der Waals surface area contributed by atoms with Gasteiger partial charge in [0.15, 0.2) is 18.9 Å². The quantitative estimate of drug-likeness (QED) is 0.116. The van der Waals surface area contributed by atoms with Gasteiger partial charge in [-0.2, -0.15) is 0 Å². The van der Waals surface area contributed by atoms with E-state index in [0.29, 0.717) is 0 Å². The van der Waals surface area contributed by atoms with Crippen molar-refractivity contribution in [3.63, 3.8) is 0 Å². The lowest BCUT2D eigenvalue weighted by atomic mass is 9.93. The fourth-order valence-electron chi connectivity index (χ4n) is 5.21. The van der Waals surface area contributed by atoms with Gasteiger partial charge < -0.3 is 75.4 Å². The number of rotatable bonds is 9. The van der Waals surface area contributed by atoms with Gasteiger partial charge in [0.25, 0.3) is 0 Å². The first-order valence-corrected chi connectivity index (χ1v) is 13.4. The van der Waals surface area contributed by atoms with Gasteiger partial charge in [0.2, 0.25) is 17.7 Å². The van der Waals surface area contributed by atoms with Crippen molar-refractivity contribution in [2.75, 3.05) is 13.2 Å². The fourth-order valence-corrected chi connectivity index (χ4v) is 5.21. The van der Waals surface area contributed by atoms with E-state index < -0.39 is 123 Å². The first-order chi connectivity index (χ1) is 19.7. The Kier molecular flexibility index (Phi) is 12.0. The highest BCUT2D eigenvalue weighted by Crippen LogP contribution is 2.32. The van der Waals surface area contributed by atoms with Gasteiger partial charge in [0, 0.05) is 20.8 Å². The maximum Gasteiger partial charge on any atom is 0.217 e. The minimum atomic E-state index is -1.73. The number of ether oxygens (including phenoxy) is 5. The van der Waals surface area contributed by atoms with Crippen molar-refractivity contribution >= 4 is 17.7 Å². The molecule has 0 spiro atoms. The summed E-state index contributed by atoms with van der Waals surface area (Å²) in [6.45, 7) is 3.40. The summed E-state index contributed by atoms with van der Waals surface area (Å²) in [5.74, 6) is -1.88. The number of hydrogen-bond donors (Lipinski definition) is 10. The predicted molar refractivity (Wildman–Crippen MR) is 135 cm³/mol. The van der Waals surface area contributed by atoms with Crippen molar-refractivity contribution in [3.8, 4) is 0 Å². The second kappa shape index (κ2) is 14.6. The van der Waals surface area contributed by atoms with Crippen molar-refractivity contribution in [2.45, 2.75) is 120 Å². The first kappa shape index (κ1) is 34.4. The molecule has 0 bridgehead atoms. The van der Waals surface area contributed by atoms with Crippen molar-refractivity contribution in [2.24, 2.45) is 0 Å². The van der Waals surface area contributed by atoms with Crippen LogP contribution in [-0.2, 0) is 38.1 Å². The largest absolute Gasteiger partial charge is 0.394 e. The monoisotopic (exact) mass is 611 g/mol. The smallest absolute Gasteiger partial charge is 0.217 e. The van der Waals surface area contributed by atoms with E-state index in [1.807, 2.05) is 0 Å². The summed E-state index contributed by atoms with van der Waals surface area (Å²) in [6.07, 6.45) is -17.9. The third-order valence-corrected chi connectivity index (χ3v) is 7.26. The lowest BCUT2D eigenvalue weighted by molar-refractivity contribution is -0.343. The number of carbonyl (C=O) groups excluding carboxylic acids is 3. The third-order valence-electron chi connectivity index (χ3n) is 7.26. The van der Waals surface area contributed by atoms with Crippen molar-refractivity contribution in [1.29, 1.82) is 0 Å². The highest BCUT2D eigenvalue weighted by atomic mass is 16.7. The third kappa shape index (κ3) is 7.71. The van der Waals surface area contributed by atoms with Gasteiger partial charge in [-0.1, -0.05) is 0 Å². The zero-order valence-corrected chi connectivity index (χ0v) is 23.5. The Labute approximate surface area is 240 Å². The van der Waals surface area contributed by atoms with Gasteiger partial charge in [0.1, 0.15) is 67.0 Å². The van der Waals surface area contributed by atoms with Gasteiger partial charge >= 0.3 is 0 Å². The van der Waals surface area contributed by atoms with Gasteiger partial charge in [-0.15, -0.1) is 0 Å². The molecule has 15 unspecified atom stereocenters. The highest BCUT2D eigenvalue weighted by Gasteiger charge is 2.54. The van der Waals surface area contributed by atoms with E-state index in [0.717, 1.165) is 20.8 Å². The number of aliphatic hydroxyl groups excluding tert-OH is 7. The maximum absolute atomic E-state index is 12.3. The van der Waals surface area contributed by atoms with Crippen molar-refractivity contribution in [3.05, 3.63) is 0 Å². The van der Waals surface area contributed by atoms with Crippen LogP contribution in [0.2, 0.25) is 0 Å². The molecule has 3 amide bonds. The summed E-state index contributed by atoms with van der Waals surface area (Å²) in [5.41, 5.74) is 0. The molecule has 3 saturated heterocycles. The molecule has 18 heteroatoms. The molecular weight excluding hydrogens is 570 g/mol. The van der Waals surface area contributed by atoms with Crippen LogP contribution in [0.1, 0.15) is 27.7 Å². The normalized spacial score (nSPS) is 44.2. The van der Waals surface area contributed by atoms with Crippen LogP contribution >= 0.6 is 0 Å². The molecule has 3 aliphatic rings. The fraction of sp³-hybridized carbons (Fsp3) is 0.875. The summed E-state index contributed by atoms with van der Waals surface area (Å²) in [7, 11) is 0. The molecule has 3 rings (SSSR count). The average molecular weight is 612 g/mol. The van der Waals surface area contributed by atoms with Crippen molar-refractivity contribution in [1.82, 2.24) is 16.0 Å². The molecule has 242 valence electrons. The van der Waals surface area contributed by atoms with E-state index in [9.17, 15) is 50.1 Å². The van der Waals surface area contributed by atoms with E-state index in [1.165, 1.54) is 6.92 Å². The number of hydrogen-bond acceptors (Lipinski definition) is 15. The Bertz CT molecular complexity index is 945. The number of nitrogens with one attached hydrogen (secondary N) is 3. The Morgan fingerprint density at radius 2 is 1.07 bits per heavy atom. The standard InChI is InChI=1S/C24H41N3O15/c1-7-16(33)21(42-23-13(25-8(2)30)19(36)17(34)11(5-28)40-23)15(27-10(4)32)24(38-7)41-20-14(26-9(3)31)22(37)39-12(6-29)18(20)35/h7,11-24,28-29,33-37H,5-6H2,1-4H3,(H,25,30)(H,26,31)(H,27,32). The van der Waals surface area contributed by atoms with Crippen LogP contribution < -0.4 is 16.0 Å². The zero-order valence-electron chi connectivity index (χ0n) is 23.5. The number of aliphatic hydroxyl groups is 7. The molecule has 42 heavy (non-hydrogen) atoms. The van der Waals surface area contributed by atoms with Crippen LogP contribution in [0.15, 0.2) is 0 Å². The minimum absolute atomic E-state index is 0.614. The Morgan fingerprint density at radius 1 is 0.619 bits per heavy atom. The Hall–Kier alpha value is -2.07. The minimum Gasteiger partial charge on any atom is -0.394 e. The van der Waals surface area contributed by atoms with Crippen molar-refractivity contribution < 1.29 is 73.8 Å². The van der Waals surface area contributed by atoms with E-state index in [2.05, 4.69) is 16.0 Å². The molecule has 15 atom stereocenters. The number of amides is 3. The zero-order chi connectivity index (χ0) is 31.5. The second-order valence-corrected chi connectivity index (χ2v) is 10.5. The highest BCUT2D eigenvalue weighted by molar-refractivity contribution is 5.74. The average Bonchev–Trinajstić information content (AvgIpc) is 2.91. The van der Waals surface area contributed by atoms with Crippen LogP contribution in [0.3, 0.4) is 0 Å². The molecule has 0 aliphatic carbocycles. The molecular formula is C24H41N3O15. The van der Waals surface area contributed by atoms with Crippen LogP contribution in [-0.4, -0.2) is 159 Å². The van der Waals surface area contributed by atoms with Gasteiger partial charge in [-0.05, 0) is 6.92 Å². The lowest BCUT2D eigenvalue weighted by Gasteiger charge is -2.50. The molecule has 0 aromatic carbocycles. The Balaban J connectivity index is 1.96. The maximum atomic E-state index is 12.3. The van der Waals surface area contributed by atoms with E-state index in [4.69, 9.17) is 23.7 Å². The summed E-state index contributed by atoms with van der Waals surface area (Å²) in [4.78, 5) is 35.9. The predicted octanol–water partition coefficient (Wildman–Crippen LogP) is -6.11. The molecule has 0 aromatic rings. The summed E-state index contributed by atoms with van der Waals surface area (Å²) in [5, 5.41) is 80.0. The molecule has 0 radical (unpaired) electrons. The van der Waals surface area contributed by atoms with E-state index >= 15 is 0 Å².